The molecule has 0 amide bonds. The number of hydrogen-bond donors (Lipinski definition) is 1. The first kappa shape index (κ1) is 12.8. The van der Waals surface area contributed by atoms with E-state index in [1.54, 1.807) is 0 Å². The molecule has 0 saturated heterocycles. The number of hydrogen-bond acceptors (Lipinski definition) is 4. The van der Waals surface area contributed by atoms with Crippen LogP contribution in [0.25, 0.3) is 0 Å². The summed E-state index contributed by atoms with van der Waals surface area (Å²) in [6.45, 7) is 8.03. The molecule has 3 nitrogen and oxygen atoms in total. The van der Waals surface area contributed by atoms with Gasteiger partial charge in [-0.3, -0.25) is 4.99 Å². The zero-order valence-corrected chi connectivity index (χ0v) is 10.6. The van der Waals surface area contributed by atoms with Gasteiger partial charge in [0.2, 0.25) is 0 Å². The van der Waals surface area contributed by atoms with Crippen LogP contribution < -0.4 is 5.32 Å². The van der Waals surface area contributed by atoms with Crippen LogP contribution in [-0.2, 0) is 4.74 Å². The Kier molecular flexibility index (Phi) is 6.85. The number of nitrogens with zero attached hydrogens (tertiary/aromatic N) is 1. The highest BCUT2D eigenvalue weighted by Gasteiger charge is 2.03. The maximum absolute atomic E-state index is 5.50. The predicted molar refractivity (Wildman–Crippen MR) is 67.7 cm³/mol. The minimum absolute atomic E-state index is 0.635. The summed E-state index contributed by atoms with van der Waals surface area (Å²) in [5.41, 5.74) is 0. The summed E-state index contributed by atoms with van der Waals surface area (Å²) in [4.78, 5) is 4.40. The Morgan fingerprint density at radius 1 is 1.53 bits per heavy atom. The second-order valence-electron chi connectivity index (χ2n) is 4.14. The number of aliphatic imine (C=N–C) groups is 1. The van der Waals surface area contributed by atoms with Crippen LogP contribution in [0, 0.1) is 5.92 Å². The zero-order chi connectivity index (χ0) is 10.9. The zero-order valence-electron chi connectivity index (χ0n) is 9.79. The smallest absolute Gasteiger partial charge is 0.156 e. The van der Waals surface area contributed by atoms with Gasteiger partial charge in [-0.05, 0) is 18.8 Å². The van der Waals surface area contributed by atoms with E-state index >= 15 is 0 Å². The van der Waals surface area contributed by atoms with E-state index in [0.29, 0.717) is 5.92 Å². The normalized spacial score (nSPS) is 16.6. The van der Waals surface area contributed by atoms with Gasteiger partial charge in [-0.15, -0.1) is 0 Å². The van der Waals surface area contributed by atoms with Gasteiger partial charge in [-0.1, -0.05) is 25.6 Å². The highest BCUT2D eigenvalue weighted by Crippen LogP contribution is 2.09. The summed E-state index contributed by atoms with van der Waals surface area (Å²) >= 11 is 1.83. The van der Waals surface area contributed by atoms with Crippen LogP contribution in [0.4, 0.5) is 0 Å². The molecule has 0 radical (unpaired) electrons. The molecule has 0 aromatic heterocycles. The molecule has 1 heterocycles. The van der Waals surface area contributed by atoms with Crippen LogP contribution in [0.1, 0.15) is 26.7 Å². The van der Waals surface area contributed by atoms with E-state index in [1.807, 2.05) is 11.8 Å². The predicted octanol–water partition coefficient (Wildman–Crippen LogP) is 2.13. The van der Waals surface area contributed by atoms with Gasteiger partial charge in [-0.2, -0.15) is 0 Å². The number of nitrogens with one attached hydrogen (secondary N) is 1. The Balaban J connectivity index is 1.90. The van der Waals surface area contributed by atoms with Gasteiger partial charge in [0.25, 0.3) is 0 Å². The summed E-state index contributed by atoms with van der Waals surface area (Å²) in [6.07, 6.45) is 2.28. The van der Waals surface area contributed by atoms with E-state index in [1.165, 1.54) is 12.2 Å². The van der Waals surface area contributed by atoms with E-state index in [0.717, 1.165) is 37.9 Å². The molecule has 0 aliphatic carbocycles. The fourth-order valence-corrected chi connectivity index (χ4v) is 2.11. The van der Waals surface area contributed by atoms with E-state index in [-0.39, 0.29) is 0 Å². The molecular weight excluding hydrogens is 208 g/mol. The maximum Gasteiger partial charge on any atom is 0.156 e. The highest BCUT2D eigenvalue weighted by molar-refractivity contribution is 8.13. The molecule has 1 aliphatic heterocycles. The van der Waals surface area contributed by atoms with Crippen molar-refractivity contribution < 1.29 is 4.74 Å². The van der Waals surface area contributed by atoms with Crippen molar-refractivity contribution in [3.8, 4) is 0 Å². The van der Waals surface area contributed by atoms with Gasteiger partial charge in [0.05, 0.1) is 0 Å². The molecule has 0 saturated carbocycles. The first-order valence-electron chi connectivity index (χ1n) is 5.78. The van der Waals surface area contributed by atoms with Crippen molar-refractivity contribution in [2.45, 2.75) is 26.7 Å². The molecule has 0 aromatic carbocycles. The molecule has 15 heavy (non-hydrogen) atoms. The third-order valence-corrected chi connectivity index (χ3v) is 3.03. The minimum atomic E-state index is 0.635. The molecule has 1 N–H and O–H groups in total. The van der Waals surface area contributed by atoms with Crippen LogP contribution >= 0.6 is 11.8 Å². The van der Waals surface area contributed by atoms with Gasteiger partial charge in [0.15, 0.2) is 5.17 Å². The van der Waals surface area contributed by atoms with Gasteiger partial charge >= 0.3 is 0 Å². The van der Waals surface area contributed by atoms with Crippen molar-refractivity contribution in [3.63, 3.8) is 0 Å². The fourth-order valence-electron chi connectivity index (χ4n) is 1.26. The number of amidine groups is 1. The number of thioether (sulfide) groups is 1. The summed E-state index contributed by atoms with van der Waals surface area (Å²) in [7, 11) is 0. The van der Waals surface area contributed by atoms with E-state index in [9.17, 15) is 0 Å². The van der Waals surface area contributed by atoms with Crippen LogP contribution in [0.3, 0.4) is 0 Å². The van der Waals surface area contributed by atoms with Crippen molar-refractivity contribution in [2.75, 3.05) is 32.1 Å². The first-order chi connectivity index (χ1) is 7.29. The highest BCUT2D eigenvalue weighted by atomic mass is 32.2. The summed E-state index contributed by atoms with van der Waals surface area (Å²) in [5, 5.41) is 4.46. The Hall–Kier alpha value is -0.220. The quantitative estimate of drug-likeness (QED) is 0.710. The van der Waals surface area contributed by atoms with E-state index < -0.39 is 0 Å². The summed E-state index contributed by atoms with van der Waals surface area (Å²) in [6, 6.07) is 0. The molecule has 0 aromatic rings. The lowest BCUT2D eigenvalue weighted by Gasteiger charge is -2.13. The molecule has 0 unspecified atom stereocenters. The minimum Gasteiger partial charge on any atom is -0.381 e. The largest absolute Gasteiger partial charge is 0.381 e. The van der Waals surface area contributed by atoms with E-state index in [2.05, 4.69) is 24.2 Å². The van der Waals surface area contributed by atoms with Gasteiger partial charge in [0, 0.05) is 32.1 Å². The lowest BCUT2D eigenvalue weighted by Crippen LogP contribution is -2.25. The molecular formula is C11H22N2OS. The molecule has 88 valence electrons. The van der Waals surface area contributed by atoms with Crippen molar-refractivity contribution >= 4 is 16.9 Å². The molecule has 1 rings (SSSR count). The molecule has 4 heteroatoms. The third kappa shape index (κ3) is 6.79. The fraction of sp³-hybridized carbons (Fsp3) is 0.909. The topological polar surface area (TPSA) is 33.6 Å². The van der Waals surface area contributed by atoms with Crippen LogP contribution in [-0.4, -0.2) is 37.2 Å². The third-order valence-electron chi connectivity index (χ3n) is 1.99. The standard InChI is InChI=1S/C11H22N2OS/c1-10(2)9-14-7-3-5-12-11-13-6-4-8-15-11/h10H,3-9H2,1-2H3,(H,12,13). The van der Waals surface area contributed by atoms with E-state index in [4.69, 9.17) is 4.74 Å². The first-order valence-corrected chi connectivity index (χ1v) is 6.76. The van der Waals surface area contributed by atoms with Crippen LogP contribution in [0.5, 0.6) is 0 Å². The molecule has 0 spiro atoms. The lowest BCUT2D eigenvalue weighted by molar-refractivity contribution is 0.108. The molecule has 0 bridgehead atoms. The number of rotatable bonds is 6. The van der Waals surface area contributed by atoms with Crippen LogP contribution in [0.2, 0.25) is 0 Å². The Morgan fingerprint density at radius 3 is 3.07 bits per heavy atom. The van der Waals surface area contributed by atoms with Gasteiger partial charge < -0.3 is 10.1 Å². The lowest BCUT2D eigenvalue weighted by atomic mass is 10.2. The second kappa shape index (κ2) is 7.99. The second-order valence-corrected chi connectivity index (χ2v) is 5.22. The summed E-state index contributed by atoms with van der Waals surface area (Å²) < 4.78 is 5.50. The Bertz CT molecular complexity index is 195. The molecule has 0 atom stereocenters. The molecule has 1 aliphatic rings. The van der Waals surface area contributed by atoms with Crippen molar-refractivity contribution in [3.05, 3.63) is 0 Å². The average Bonchev–Trinajstić information content (AvgIpc) is 2.24. The Labute approximate surface area is 97.1 Å². The van der Waals surface area contributed by atoms with Crippen molar-refractivity contribution in [1.82, 2.24) is 5.32 Å². The van der Waals surface area contributed by atoms with Crippen LogP contribution in [0.15, 0.2) is 4.99 Å². The maximum atomic E-state index is 5.50. The monoisotopic (exact) mass is 230 g/mol. The number of ether oxygens (including phenoxy) is 1. The Morgan fingerprint density at radius 2 is 2.40 bits per heavy atom. The molecule has 0 fully saturated rings. The van der Waals surface area contributed by atoms with Gasteiger partial charge in [0.1, 0.15) is 0 Å². The van der Waals surface area contributed by atoms with Crippen molar-refractivity contribution in [1.29, 1.82) is 0 Å². The average molecular weight is 230 g/mol. The summed E-state index contributed by atoms with van der Waals surface area (Å²) in [5.74, 6) is 1.84. The van der Waals surface area contributed by atoms with Crippen molar-refractivity contribution in [2.24, 2.45) is 10.9 Å². The van der Waals surface area contributed by atoms with Gasteiger partial charge in [-0.25, -0.2) is 0 Å². The SMILES string of the molecule is CC(C)COCCCNC1=NCCCS1.